The first-order valence-corrected chi connectivity index (χ1v) is 8.65. The third-order valence-electron chi connectivity index (χ3n) is 4.21. The Morgan fingerprint density at radius 2 is 1.88 bits per heavy atom. The van der Waals surface area contributed by atoms with Crippen molar-refractivity contribution in [2.75, 3.05) is 13.6 Å². The van der Waals surface area contributed by atoms with Gasteiger partial charge in [0.25, 0.3) is 0 Å². The second kappa shape index (κ2) is 11.1. The van der Waals surface area contributed by atoms with E-state index < -0.39 is 0 Å². The van der Waals surface area contributed by atoms with Gasteiger partial charge in [-0.1, -0.05) is 56.3 Å². The summed E-state index contributed by atoms with van der Waals surface area (Å²) in [4.78, 5) is 4.31. The highest BCUT2D eigenvalue weighted by Gasteiger charge is 2.14. The lowest BCUT2D eigenvalue weighted by Gasteiger charge is -2.16. The molecule has 0 aliphatic rings. The maximum atomic E-state index is 5.41. The van der Waals surface area contributed by atoms with Gasteiger partial charge in [-0.05, 0) is 17.9 Å². The second-order valence-electron chi connectivity index (χ2n) is 5.86. The Balaban J connectivity index is 0.00000312. The molecule has 0 saturated heterocycles. The molecular weight excluding hydrogens is 427 g/mol. The number of aliphatic imine (C=N–C) groups is 1. The van der Waals surface area contributed by atoms with Crippen molar-refractivity contribution in [3.63, 3.8) is 0 Å². The van der Waals surface area contributed by atoms with Crippen LogP contribution in [-0.2, 0) is 19.4 Å². The summed E-state index contributed by atoms with van der Waals surface area (Å²) >= 11 is 0. The number of nitrogens with zero attached hydrogens (tertiary/aromatic N) is 2. The summed E-state index contributed by atoms with van der Waals surface area (Å²) in [5, 5.41) is 10.9. The molecule has 6 heteroatoms. The van der Waals surface area contributed by atoms with Crippen LogP contribution in [-0.4, -0.2) is 24.7 Å². The largest absolute Gasteiger partial charge is 0.361 e. The summed E-state index contributed by atoms with van der Waals surface area (Å²) in [6.45, 7) is 7.89. The summed E-state index contributed by atoms with van der Waals surface area (Å²) < 4.78 is 5.41. The number of nitrogens with one attached hydrogen (secondary N) is 2. The molecule has 2 N–H and O–H groups in total. The molecule has 0 saturated carbocycles. The van der Waals surface area contributed by atoms with E-state index in [1.54, 1.807) is 7.05 Å². The Hall–Kier alpha value is -1.57. The van der Waals surface area contributed by atoms with E-state index in [-0.39, 0.29) is 24.0 Å². The van der Waals surface area contributed by atoms with Gasteiger partial charge in [0, 0.05) is 32.1 Å². The zero-order valence-corrected chi connectivity index (χ0v) is 17.8. The van der Waals surface area contributed by atoms with E-state index in [0.717, 1.165) is 42.4 Å². The Bertz CT molecular complexity index is 633. The van der Waals surface area contributed by atoms with E-state index in [2.05, 4.69) is 65.8 Å². The minimum Gasteiger partial charge on any atom is -0.361 e. The normalized spacial score (nSPS) is 12.4. The molecule has 0 aliphatic carbocycles. The van der Waals surface area contributed by atoms with Gasteiger partial charge < -0.3 is 15.2 Å². The molecule has 1 aromatic heterocycles. The monoisotopic (exact) mass is 456 g/mol. The lowest BCUT2D eigenvalue weighted by molar-refractivity contribution is 0.380. The fraction of sp³-hybridized carbons (Fsp3) is 0.474. The Kier molecular flexibility index (Phi) is 9.55. The van der Waals surface area contributed by atoms with Gasteiger partial charge in [0.1, 0.15) is 5.76 Å². The number of rotatable bonds is 7. The van der Waals surface area contributed by atoms with Crippen molar-refractivity contribution in [3.05, 3.63) is 52.9 Å². The maximum Gasteiger partial charge on any atom is 0.191 e. The summed E-state index contributed by atoms with van der Waals surface area (Å²) in [6, 6.07) is 10.5. The smallest absolute Gasteiger partial charge is 0.191 e. The predicted octanol–water partition coefficient (Wildman–Crippen LogP) is 3.89. The average Bonchev–Trinajstić information content (AvgIpc) is 3.04. The number of hydrogen-bond donors (Lipinski definition) is 2. The van der Waals surface area contributed by atoms with Crippen molar-refractivity contribution in [3.8, 4) is 0 Å². The van der Waals surface area contributed by atoms with Crippen molar-refractivity contribution in [2.45, 2.75) is 46.1 Å². The molecular formula is C19H29IN4O. The van der Waals surface area contributed by atoms with Crippen LogP contribution in [0.5, 0.6) is 0 Å². The first-order valence-electron chi connectivity index (χ1n) is 8.65. The summed E-state index contributed by atoms with van der Waals surface area (Å²) in [5.74, 6) is 2.16. The molecule has 1 atom stereocenters. The van der Waals surface area contributed by atoms with Gasteiger partial charge in [0.2, 0.25) is 0 Å². The van der Waals surface area contributed by atoms with Crippen LogP contribution >= 0.6 is 24.0 Å². The minimum absolute atomic E-state index is 0. The molecule has 0 spiro atoms. The van der Waals surface area contributed by atoms with Gasteiger partial charge in [-0.15, -0.1) is 24.0 Å². The van der Waals surface area contributed by atoms with Gasteiger partial charge >= 0.3 is 0 Å². The fourth-order valence-electron chi connectivity index (χ4n) is 2.68. The molecule has 25 heavy (non-hydrogen) atoms. The Morgan fingerprint density at radius 3 is 2.48 bits per heavy atom. The van der Waals surface area contributed by atoms with Gasteiger partial charge in [0.15, 0.2) is 5.96 Å². The first-order chi connectivity index (χ1) is 11.7. The topological polar surface area (TPSA) is 62.5 Å². The Morgan fingerprint density at radius 1 is 1.16 bits per heavy atom. The maximum absolute atomic E-state index is 5.41. The highest BCUT2D eigenvalue weighted by molar-refractivity contribution is 14.0. The number of benzene rings is 1. The molecule has 5 nitrogen and oxygen atoms in total. The molecule has 0 radical (unpaired) electrons. The third kappa shape index (κ3) is 6.02. The second-order valence-corrected chi connectivity index (χ2v) is 5.86. The molecule has 1 unspecified atom stereocenters. The van der Waals surface area contributed by atoms with Gasteiger partial charge in [0.05, 0.1) is 5.69 Å². The van der Waals surface area contributed by atoms with Crippen LogP contribution in [0.25, 0.3) is 0 Å². The summed E-state index contributed by atoms with van der Waals surface area (Å²) in [6.07, 6.45) is 1.72. The van der Waals surface area contributed by atoms with Gasteiger partial charge in [-0.25, -0.2) is 0 Å². The number of hydrogen-bond acceptors (Lipinski definition) is 3. The highest BCUT2D eigenvalue weighted by atomic mass is 127. The molecule has 2 aromatic rings. The van der Waals surface area contributed by atoms with Crippen LogP contribution in [0.15, 0.2) is 39.8 Å². The standard InChI is InChI=1S/C19H28N4O.HI/c1-5-17-16(18(6-2)24-23-17)13-22-19(20-4)21-12-14(3)15-10-8-7-9-11-15;/h7-11,14H,5-6,12-13H2,1-4H3,(H2,20,21,22);1H. The summed E-state index contributed by atoms with van der Waals surface area (Å²) in [5.41, 5.74) is 3.49. The van der Waals surface area contributed by atoms with Gasteiger partial charge in [-0.2, -0.15) is 0 Å². The number of aryl methyl sites for hydroxylation is 2. The molecule has 2 rings (SSSR count). The lowest BCUT2D eigenvalue weighted by Crippen LogP contribution is -2.38. The van der Waals surface area contributed by atoms with Crippen molar-refractivity contribution in [2.24, 2.45) is 4.99 Å². The quantitative estimate of drug-likeness (QED) is 0.377. The van der Waals surface area contributed by atoms with Crippen LogP contribution in [0, 0.1) is 0 Å². The Labute approximate surface area is 167 Å². The molecule has 1 heterocycles. The van der Waals surface area contributed by atoms with Crippen LogP contribution in [0.1, 0.15) is 49.3 Å². The van der Waals surface area contributed by atoms with E-state index in [1.165, 1.54) is 5.56 Å². The first kappa shape index (κ1) is 21.5. The van der Waals surface area contributed by atoms with Crippen LogP contribution < -0.4 is 10.6 Å². The van der Waals surface area contributed by atoms with Crippen LogP contribution in [0.2, 0.25) is 0 Å². The van der Waals surface area contributed by atoms with E-state index in [4.69, 9.17) is 4.52 Å². The van der Waals surface area contributed by atoms with Crippen molar-refractivity contribution in [1.29, 1.82) is 0 Å². The van der Waals surface area contributed by atoms with E-state index in [1.807, 2.05) is 6.07 Å². The molecule has 0 bridgehead atoms. The van der Waals surface area contributed by atoms with Crippen molar-refractivity contribution >= 4 is 29.9 Å². The van der Waals surface area contributed by atoms with Crippen molar-refractivity contribution in [1.82, 2.24) is 15.8 Å². The number of aromatic nitrogens is 1. The molecule has 0 fully saturated rings. The van der Waals surface area contributed by atoms with Crippen molar-refractivity contribution < 1.29 is 4.52 Å². The molecule has 0 aliphatic heterocycles. The number of guanidine groups is 1. The molecule has 1 aromatic carbocycles. The predicted molar refractivity (Wildman–Crippen MR) is 114 cm³/mol. The lowest BCUT2D eigenvalue weighted by atomic mass is 10.0. The highest BCUT2D eigenvalue weighted by Crippen LogP contribution is 2.15. The minimum atomic E-state index is 0. The zero-order valence-electron chi connectivity index (χ0n) is 15.5. The zero-order chi connectivity index (χ0) is 17.4. The average molecular weight is 456 g/mol. The third-order valence-corrected chi connectivity index (χ3v) is 4.21. The summed E-state index contributed by atoms with van der Waals surface area (Å²) in [7, 11) is 1.79. The molecule has 138 valence electrons. The van der Waals surface area contributed by atoms with E-state index in [0.29, 0.717) is 12.5 Å². The SMILES string of the molecule is CCc1noc(CC)c1CNC(=NC)NCC(C)c1ccccc1.I. The van der Waals surface area contributed by atoms with Crippen LogP contribution in [0.3, 0.4) is 0 Å². The number of halogens is 1. The van der Waals surface area contributed by atoms with E-state index in [9.17, 15) is 0 Å². The van der Waals surface area contributed by atoms with Gasteiger partial charge in [-0.3, -0.25) is 4.99 Å². The molecule has 0 amide bonds. The van der Waals surface area contributed by atoms with Crippen LogP contribution in [0.4, 0.5) is 0 Å². The fourth-order valence-corrected chi connectivity index (χ4v) is 2.68. The van der Waals surface area contributed by atoms with E-state index >= 15 is 0 Å².